The van der Waals surface area contributed by atoms with Crippen molar-refractivity contribution in [1.29, 1.82) is 0 Å². The van der Waals surface area contributed by atoms with Crippen molar-refractivity contribution in [3.63, 3.8) is 0 Å². The molecule has 1 aliphatic rings. The summed E-state index contributed by atoms with van der Waals surface area (Å²) < 4.78 is 27.5. The number of carbonyl (C=O) groups is 1. The molecule has 1 aromatic rings. The van der Waals surface area contributed by atoms with Crippen molar-refractivity contribution < 1.29 is 17.4 Å². The van der Waals surface area contributed by atoms with Gasteiger partial charge in [0.1, 0.15) is 6.10 Å². The van der Waals surface area contributed by atoms with E-state index in [1.165, 1.54) is 6.92 Å². The van der Waals surface area contributed by atoms with E-state index < -0.39 is 22.3 Å². The van der Waals surface area contributed by atoms with E-state index in [2.05, 4.69) is 5.32 Å². The molecule has 0 fully saturated rings. The molecule has 0 bridgehead atoms. The lowest BCUT2D eigenvalue weighted by atomic mass is 10.1. The van der Waals surface area contributed by atoms with Crippen LogP contribution in [0.1, 0.15) is 24.1 Å². The molecule has 2 atom stereocenters. The maximum absolute atomic E-state index is 11.2. The van der Waals surface area contributed by atoms with Crippen molar-refractivity contribution in [1.82, 2.24) is 5.32 Å². The minimum absolute atomic E-state index is 0.209. The minimum atomic E-state index is -3.55. The topological polar surface area (TPSA) is 72.5 Å². The van der Waals surface area contributed by atoms with Crippen molar-refractivity contribution >= 4 is 16.0 Å². The zero-order valence-corrected chi connectivity index (χ0v) is 11.0. The summed E-state index contributed by atoms with van der Waals surface area (Å²) in [5.41, 5.74) is 1.92. The van der Waals surface area contributed by atoms with E-state index in [-0.39, 0.29) is 5.91 Å². The first-order chi connectivity index (χ1) is 8.37. The van der Waals surface area contributed by atoms with E-state index in [4.69, 9.17) is 4.18 Å². The van der Waals surface area contributed by atoms with Crippen LogP contribution in [0.4, 0.5) is 0 Å². The van der Waals surface area contributed by atoms with Gasteiger partial charge in [0, 0.05) is 13.3 Å². The van der Waals surface area contributed by atoms with Gasteiger partial charge in [0.25, 0.3) is 10.1 Å². The van der Waals surface area contributed by atoms with Crippen LogP contribution in [-0.4, -0.2) is 26.7 Å². The van der Waals surface area contributed by atoms with Gasteiger partial charge in [0.2, 0.25) is 5.91 Å². The maximum Gasteiger partial charge on any atom is 0.264 e. The van der Waals surface area contributed by atoms with Gasteiger partial charge in [-0.1, -0.05) is 24.3 Å². The van der Waals surface area contributed by atoms with Crippen molar-refractivity contribution in [2.45, 2.75) is 25.5 Å². The molecule has 2 unspecified atom stereocenters. The van der Waals surface area contributed by atoms with Crippen LogP contribution in [0, 0.1) is 0 Å². The van der Waals surface area contributed by atoms with Gasteiger partial charge in [-0.2, -0.15) is 8.42 Å². The number of hydrogen-bond acceptors (Lipinski definition) is 4. The molecule has 0 saturated carbocycles. The van der Waals surface area contributed by atoms with Gasteiger partial charge in [-0.25, -0.2) is 0 Å². The summed E-state index contributed by atoms with van der Waals surface area (Å²) in [5.74, 6) is -0.209. The Kier molecular flexibility index (Phi) is 3.41. The summed E-state index contributed by atoms with van der Waals surface area (Å²) in [5, 5.41) is 2.74. The summed E-state index contributed by atoms with van der Waals surface area (Å²) in [6.07, 6.45) is 0.927. The van der Waals surface area contributed by atoms with Gasteiger partial charge in [-0.15, -0.1) is 0 Å². The third-order valence-electron chi connectivity index (χ3n) is 2.84. The van der Waals surface area contributed by atoms with Crippen molar-refractivity contribution in [3.05, 3.63) is 35.4 Å². The quantitative estimate of drug-likeness (QED) is 0.822. The van der Waals surface area contributed by atoms with E-state index >= 15 is 0 Å². The second kappa shape index (κ2) is 4.70. The molecule has 0 aromatic heterocycles. The maximum atomic E-state index is 11.2. The zero-order valence-electron chi connectivity index (χ0n) is 10.2. The van der Waals surface area contributed by atoms with Crippen LogP contribution in [0.25, 0.3) is 0 Å². The first-order valence-electron chi connectivity index (χ1n) is 5.60. The molecular weight excluding hydrogens is 254 g/mol. The normalized spacial score (nSPS) is 22.6. The Labute approximate surface area is 106 Å². The molecule has 0 saturated heterocycles. The molecular formula is C12H15NO4S. The molecule has 0 aliphatic heterocycles. The van der Waals surface area contributed by atoms with Gasteiger partial charge in [0.15, 0.2) is 0 Å². The number of fused-ring (bicyclic) bond motifs is 1. The Morgan fingerprint density at radius 1 is 1.39 bits per heavy atom. The van der Waals surface area contributed by atoms with E-state index in [9.17, 15) is 13.2 Å². The summed E-state index contributed by atoms with van der Waals surface area (Å²) in [4.78, 5) is 11.2. The molecule has 18 heavy (non-hydrogen) atoms. The number of nitrogens with one attached hydrogen (secondary N) is 1. The number of rotatable bonds is 3. The second-order valence-electron chi connectivity index (χ2n) is 4.42. The van der Waals surface area contributed by atoms with E-state index in [1.807, 2.05) is 24.3 Å². The highest BCUT2D eigenvalue weighted by Gasteiger charge is 2.35. The van der Waals surface area contributed by atoms with Crippen LogP contribution >= 0.6 is 0 Å². The number of hydrogen-bond donors (Lipinski definition) is 1. The SMILES string of the molecule is CC(=O)NC1c2ccccc2CC1OS(C)(=O)=O. The third kappa shape index (κ3) is 2.88. The highest BCUT2D eigenvalue weighted by atomic mass is 32.2. The molecule has 0 radical (unpaired) electrons. The lowest BCUT2D eigenvalue weighted by Crippen LogP contribution is -2.34. The Hall–Kier alpha value is -1.40. The van der Waals surface area contributed by atoms with Crippen LogP contribution in [0.5, 0.6) is 0 Å². The van der Waals surface area contributed by atoms with E-state index in [0.717, 1.165) is 17.4 Å². The van der Waals surface area contributed by atoms with Crippen LogP contribution in [-0.2, 0) is 25.5 Å². The van der Waals surface area contributed by atoms with Crippen molar-refractivity contribution in [2.24, 2.45) is 0 Å². The standard InChI is InChI=1S/C12H15NO4S/c1-8(14)13-12-10-6-4-3-5-9(10)7-11(12)17-18(2,15)16/h3-6,11-12H,7H2,1-2H3,(H,13,14). The van der Waals surface area contributed by atoms with Gasteiger partial charge in [-0.05, 0) is 11.1 Å². The monoisotopic (exact) mass is 269 g/mol. The van der Waals surface area contributed by atoms with Gasteiger partial charge in [0.05, 0.1) is 12.3 Å². The fourth-order valence-electron chi connectivity index (χ4n) is 2.26. The summed E-state index contributed by atoms with van der Waals surface area (Å²) in [6, 6.07) is 7.12. The lowest BCUT2D eigenvalue weighted by molar-refractivity contribution is -0.120. The predicted octanol–water partition coefficient (Wildman–Crippen LogP) is 0.765. The molecule has 2 rings (SSSR count). The minimum Gasteiger partial charge on any atom is -0.347 e. The molecule has 1 N–H and O–H groups in total. The third-order valence-corrected chi connectivity index (χ3v) is 3.44. The first-order valence-corrected chi connectivity index (χ1v) is 7.41. The molecule has 1 amide bonds. The number of carbonyl (C=O) groups excluding carboxylic acids is 1. The lowest BCUT2D eigenvalue weighted by Gasteiger charge is -2.20. The Morgan fingerprint density at radius 2 is 2.06 bits per heavy atom. The molecule has 0 heterocycles. The number of benzene rings is 1. The number of amides is 1. The van der Waals surface area contributed by atoms with Crippen molar-refractivity contribution in [3.8, 4) is 0 Å². The zero-order chi connectivity index (χ0) is 13.3. The average Bonchev–Trinajstić information content (AvgIpc) is 2.54. The van der Waals surface area contributed by atoms with Crippen LogP contribution in [0.2, 0.25) is 0 Å². The van der Waals surface area contributed by atoms with Crippen molar-refractivity contribution in [2.75, 3.05) is 6.26 Å². The fourth-order valence-corrected chi connectivity index (χ4v) is 2.89. The molecule has 1 aromatic carbocycles. The molecule has 98 valence electrons. The van der Waals surface area contributed by atoms with Gasteiger partial charge >= 0.3 is 0 Å². The Bertz CT molecular complexity index is 567. The molecule has 0 spiro atoms. The van der Waals surface area contributed by atoms with Gasteiger partial charge in [-0.3, -0.25) is 8.98 Å². The molecule has 1 aliphatic carbocycles. The highest BCUT2D eigenvalue weighted by Crippen LogP contribution is 2.33. The van der Waals surface area contributed by atoms with Crippen LogP contribution < -0.4 is 5.32 Å². The second-order valence-corrected chi connectivity index (χ2v) is 6.02. The largest absolute Gasteiger partial charge is 0.347 e. The van der Waals surface area contributed by atoms with E-state index in [1.54, 1.807) is 0 Å². The predicted molar refractivity (Wildman–Crippen MR) is 66.4 cm³/mol. The summed E-state index contributed by atoms with van der Waals surface area (Å²) in [6.45, 7) is 1.40. The highest BCUT2D eigenvalue weighted by molar-refractivity contribution is 7.86. The summed E-state index contributed by atoms with van der Waals surface area (Å²) in [7, 11) is -3.55. The summed E-state index contributed by atoms with van der Waals surface area (Å²) >= 11 is 0. The smallest absolute Gasteiger partial charge is 0.264 e. The molecule has 5 nitrogen and oxygen atoms in total. The average molecular weight is 269 g/mol. The van der Waals surface area contributed by atoms with Gasteiger partial charge < -0.3 is 5.32 Å². The Morgan fingerprint density at radius 3 is 2.67 bits per heavy atom. The Balaban J connectivity index is 2.30. The van der Waals surface area contributed by atoms with E-state index in [0.29, 0.717) is 6.42 Å². The fraction of sp³-hybridized carbons (Fsp3) is 0.417. The molecule has 6 heteroatoms. The van der Waals surface area contributed by atoms with Crippen LogP contribution in [0.15, 0.2) is 24.3 Å². The first kappa shape index (κ1) is 13.0. The van der Waals surface area contributed by atoms with Crippen LogP contribution in [0.3, 0.4) is 0 Å².